The smallest absolute Gasteiger partial charge is 0.255 e. The molecule has 0 radical (unpaired) electrons. The van der Waals surface area contributed by atoms with Crippen molar-refractivity contribution in [2.24, 2.45) is 0 Å². The number of ether oxygens (including phenoxy) is 1. The zero-order valence-electron chi connectivity index (χ0n) is 15.8. The van der Waals surface area contributed by atoms with Gasteiger partial charge in [0.25, 0.3) is 15.9 Å². The first-order valence-corrected chi connectivity index (χ1v) is 11.6. The van der Waals surface area contributed by atoms with Gasteiger partial charge in [0.15, 0.2) is 0 Å². The fraction of sp³-hybridized carbons (Fsp3) is 0.150. The molecule has 2 aromatic carbocycles. The summed E-state index contributed by atoms with van der Waals surface area (Å²) in [6.45, 7) is 0.220. The van der Waals surface area contributed by atoms with Crippen LogP contribution in [0.15, 0.2) is 69.3 Å². The van der Waals surface area contributed by atoms with Crippen molar-refractivity contribution >= 4 is 43.2 Å². The number of halogens is 1. The SMILES string of the molecule is CN(C)S(=O)(=O)c1ccc(CNC(=O)c2ccccc2Oc2cccc(Br)c2)s1. The Bertz CT molecular complexity index is 1130. The minimum Gasteiger partial charge on any atom is -0.456 e. The highest BCUT2D eigenvalue weighted by Crippen LogP contribution is 2.28. The van der Waals surface area contributed by atoms with Crippen molar-refractivity contribution in [3.8, 4) is 11.5 Å². The van der Waals surface area contributed by atoms with Crippen molar-refractivity contribution in [2.45, 2.75) is 10.8 Å². The molecule has 0 spiro atoms. The van der Waals surface area contributed by atoms with Gasteiger partial charge in [-0.1, -0.05) is 34.1 Å². The largest absolute Gasteiger partial charge is 0.456 e. The fourth-order valence-electron chi connectivity index (χ4n) is 2.44. The second-order valence-corrected chi connectivity index (χ2v) is 10.7. The lowest BCUT2D eigenvalue weighted by molar-refractivity contribution is 0.0949. The van der Waals surface area contributed by atoms with Crippen molar-refractivity contribution < 1.29 is 17.9 Å². The molecular formula is C20H19BrN2O4S2. The summed E-state index contributed by atoms with van der Waals surface area (Å²) in [7, 11) is -0.507. The van der Waals surface area contributed by atoms with E-state index in [0.29, 0.717) is 17.1 Å². The Balaban J connectivity index is 1.71. The molecule has 0 saturated carbocycles. The zero-order chi connectivity index (χ0) is 21.0. The molecule has 0 atom stereocenters. The van der Waals surface area contributed by atoms with Crippen molar-refractivity contribution in [3.63, 3.8) is 0 Å². The molecule has 0 aliphatic carbocycles. The summed E-state index contributed by atoms with van der Waals surface area (Å²) in [4.78, 5) is 13.4. The van der Waals surface area contributed by atoms with Crippen LogP contribution >= 0.6 is 27.3 Å². The molecule has 3 rings (SSSR count). The highest BCUT2D eigenvalue weighted by molar-refractivity contribution is 9.10. The van der Waals surface area contributed by atoms with E-state index in [1.807, 2.05) is 18.2 Å². The maximum Gasteiger partial charge on any atom is 0.255 e. The molecule has 0 aliphatic rings. The summed E-state index contributed by atoms with van der Waals surface area (Å²) in [5, 5.41) is 2.82. The number of para-hydroxylation sites is 1. The van der Waals surface area contributed by atoms with Crippen LogP contribution < -0.4 is 10.1 Å². The van der Waals surface area contributed by atoms with Gasteiger partial charge in [-0.2, -0.15) is 0 Å². The topological polar surface area (TPSA) is 75.7 Å². The summed E-state index contributed by atoms with van der Waals surface area (Å²) >= 11 is 4.53. The van der Waals surface area contributed by atoms with Crippen LogP contribution in [0.4, 0.5) is 0 Å². The van der Waals surface area contributed by atoms with E-state index in [4.69, 9.17) is 4.74 Å². The first-order valence-electron chi connectivity index (χ1n) is 8.59. The van der Waals surface area contributed by atoms with E-state index in [1.165, 1.54) is 14.1 Å². The summed E-state index contributed by atoms with van der Waals surface area (Å²) in [5.74, 6) is 0.739. The van der Waals surface area contributed by atoms with E-state index >= 15 is 0 Å². The molecule has 3 aromatic rings. The van der Waals surface area contributed by atoms with Crippen LogP contribution in [0.5, 0.6) is 11.5 Å². The first kappa shape index (κ1) is 21.5. The Morgan fingerprint density at radius 2 is 1.86 bits per heavy atom. The van der Waals surface area contributed by atoms with Gasteiger partial charge in [-0.15, -0.1) is 11.3 Å². The van der Waals surface area contributed by atoms with Crippen molar-refractivity contribution in [3.05, 3.63) is 75.6 Å². The molecule has 1 amide bonds. The van der Waals surface area contributed by atoms with Gasteiger partial charge in [0, 0.05) is 23.4 Å². The number of nitrogens with one attached hydrogen (secondary N) is 1. The number of hydrogen-bond donors (Lipinski definition) is 1. The maximum absolute atomic E-state index is 12.7. The number of hydrogen-bond acceptors (Lipinski definition) is 5. The standard InChI is InChI=1S/C20H19BrN2O4S2/c1-23(2)29(25,26)19-11-10-16(28-19)13-22-20(24)17-8-3-4-9-18(17)27-15-7-5-6-14(21)12-15/h3-12H,13H2,1-2H3,(H,22,24). The highest BCUT2D eigenvalue weighted by Gasteiger charge is 2.20. The molecule has 6 nitrogen and oxygen atoms in total. The first-order chi connectivity index (χ1) is 13.8. The van der Waals surface area contributed by atoms with Crippen LogP contribution in [0, 0.1) is 0 Å². The third kappa shape index (κ3) is 5.24. The molecular weight excluding hydrogens is 476 g/mol. The number of thiophene rings is 1. The summed E-state index contributed by atoms with van der Waals surface area (Å²) in [6, 6.07) is 17.6. The van der Waals surface area contributed by atoms with Gasteiger partial charge in [0.1, 0.15) is 15.7 Å². The number of nitrogens with zero attached hydrogens (tertiary/aromatic N) is 1. The van der Waals surface area contributed by atoms with Crippen LogP contribution in [0.1, 0.15) is 15.2 Å². The second kappa shape index (κ2) is 9.08. The Kier molecular flexibility index (Phi) is 6.74. The van der Waals surface area contributed by atoms with Gasteiger partial charge in [-0.3, -0.25) is 4.79 Å². The molecule has 152 valence electrons. The van der Waals surface area contributed by atoms with Crippen LogP contribution in [-0.2, 0) is 16.6 Å². The summed E-state index contributed by atoms with van der Waals surface area (Å²) in [6.07, 6.45) is 0. The van der Waals surface area contributed by atoms with E-state index in [2.05, 4.69) is 21.2 Å². The van der Waals surface area contributed by atoms with Crippen LogP contribution in [0.25, 0.3) is 0 Å². The Morgan fingerprint density at radius 3 is 2.59 bits per heavy atom. The lowest BCUT2D eigenvalue weighted by Gasteiger charge is -2.11. The van der Waals surface area contributed by atoms with Gasteiger partial charge < -0.3 is 10.1 Å². The van der Waals surface area contributed by atoms with E-state index in [9.17, 15) is 13.2 Å². The molecule has 1 heterocycles. The highest BCUT2D eigenvalue weighted by atomic mass is 79.9. The molecule has 9 heteroatoms. The molecule has 0 aliphatic heterocycles. The molecule has 0 fully saturated rings. The van der Waals surface area contributed by atoms with Gasteiger partial charge in [-0.25, -0.2) is 12.7 Å². The van der Waals surface area contributed by atoms with Gasteiger partial charge in [0.2, 0.25) is 0 Å². The second-order valence-electron chi connectivity index (χ2n) is 6.25. The third-order valence-corrected chi connectivity index (χ3v) is 7.81. The minimum absolute atomic E-state index is 0.220. The van der Waals surface area contributed by atoms with Gasteiger partial charge in [-0.05, 0) is 42.5 Å². The molecule has 29 heavy (non-hydrogen) atoms. The van der Waals surface area contributed by atoms with Crippen LogP contribution in [0.3, 0.4) is 0 Å². The van der Waals surface area contributed by atoms with Gasteiger partial charge >= 0.3 is 0 Å². The summed E-state index contributed by atoms with van der Waals surface area (Å²) < 4.78 is 32.5. The number of carbonyl (C=O) groups excluding carboxylic acids is 1. The average molecular weight is 495 g/mol. The molecule has 1 N–H and O–H groups in total. The number of carbonyl (C=O) groups is 1. The average Bonchev–Trinajstić information content (AvgIpc) is 3.16. The Morgan fingerprint density at radius 1 is 1.10 bits per heavy atom. The van der Waals surface area contributed by atoms with Crippen molar-refractivity contribution in [1.29, 1.82) is 0 Å². The van der Waals surface area contributed by atoms with E-state index < -0.39 is 10.0 Å². The molecule has 0 saturated heterocycles. The number of sulfonamides is 1. The van der Waals surface area contributed by atoms with Crippen molar-refractivity contribution in [2.75, 3.05) is 14.1 Å². The number of amides is 1. The zero-order valence-corrected chi connectivity index (χ0v) is 19.0. The van der Waals surface area contributed by atoms with Crippen LogP contribution in [-0.4, -0.2) is 32.7 Å². The van der Waals surface area contributed by atoms with E-state index in [1.54, 1.807) is 42.5 Å². The third-order valence-electron chi connectivity index (χ3n) is 3.95. The van der Waals surface area contributed by atoms with Crippen LogP contribution in [0.2, 0.25) is 0 Å². The van der Waals surface area contributed by atoms with Gasteiger partial charge in [0.05, 0.1) is 12.1 Å². The number of rotatable bonds is 7. The lowest BCUT2D eigenvalue weighted by Crippen LogP contribution is -2.23. The minimum atomic E-state index is -3.48. The molecule has 0 unspecified atom stereocenters. The maximum atomic E-state index is 12.7. The summed E-state index contributed by atoms with van der Waals surface area (Å²) in [5.41, 5.74) is 0.394. The monoisotopic (exact) mass is 494 g/mol. The molecule has 0 bridgehead atoms. The Labute approximate surface area is 182 Å². The lowest BCUT2D eigenvalue weighted by atomic mass is 10.2. The predicted octanol–water partition coefficient (Wildman–Crippen LogP) is 4.48. The Hall–Kier alpha value is -2.20. The van der Waals surface area contributed by atoms with Crippen molar-refractivity contribution in [1.82, 2.24) is 9.62 Å². The fourth-order valence-corrected chi connectivity index (χ4v) is 5.28. The quantitative estimate of drug-likeness (QED) is 0.525. The van der Waals surface area contributed by atoms with E-state index in [0.717, 1.165) is 25.0 Å². The van der Waals surface area contributed by atoms with E-state index in [-0.39, 0.29) is 16.7 Å². The number of benzene rings is 2. The molecule has 1 aromatic heterocycles. The predicted molar refractivity (Wildman–Crippen MR) is 117 cm³/mol. The normalized spacial score (nSPS) is 11.4.